The zero-order valence-electron chi connectivity index (χ0n) is 11.9. The highest BCUT2D eigenvalue weighted by atomic mass is 32.2. The van der Waals surface area contributed by atoms with Gasteiger partial charge in [0, 0.05) is 12.1 Å². The second-order valence-electron chi connectivity index (χ2n) is 4.51. The fraction of sp³-hybridized carbons (Fsp3) is 0. The van der Waals surface area contributed by atoms with Crippen molar-refractivity contribution in [2.45, 2.75) is 4.90 Å². The van der Waals surface area contributed by atoms with E-state index in [9.17, 15) is 18.5 Å². The van der Waals surface area contributed by atoms with Gasteiger partial charge >= 0.3 is 10.1 Å². The van der Waals surface area contributed by atoms with Crippen LogP contribution in [0.3, 0.4) is 0 Å². The zero-order chi connectivity index (χ0) is 17.2. The summed E-state index contributed by atoms with van der Waals surface area (Å²) >= 11 is 0. The van der Waals surface area contributed by atoms with E-state index in [2.05, 4.69) is 15.5 Å². The molecule has 10 nitrogen and oxygen atoms in total. The smallest absolute Gasteiger partial charge is 0.339 e. The van der Waals surface area contributed by atoms with Gasteiger partial charge in [0.2, 0.25) is 0 Å². The number of hydrogen-bond donors (Lipinski definition) is 0. The molecule has 1 aromatic heterocycles. The molecule has 0 N–H and O–H groups in total. The molecule has 0 aliphatic carbocycles. The Labute approximate surface area is 135 Å². The maximum absolute atomic E-state index is 12.3. The van der Waals surface area contributed by atoms with Crippen LogP contribution in [0.1, 0.15) is 0 Å². The van der Waals surface area contributed by atoms with Crippen LogP contribution in [-0.4, -0.2) is 33.5 Å². The molecule has 0 spiro atoms. The van der Waals surface area contributed by atoms with Crippen LogP contribution in [0.5, 0.6) is 5.75 Å². The molecule has 0 atom stereocenters. The van der Waals surface area contributed by atoms with Crippen LogP contribution >= 0.6 is 0 Å². The fourth-order valence-electron chi connectivity index (χ4n) is 1.89. The molecule has 122 valence electrons. The topological polar surface area (TPSA) is 130 Å². The standard InChI is InChI=1S/C13H9N5O5S/c19-18(20)10-6-7-13(12(8-10)17-9-14-15-16-17)23-24(21,22)11-4-2-1-3-5-11/h1-9H. The first-order chi connectivity index (χ1) is 11.5. The van der Waals surface area contributed by atoms with Crippen molar-refractivity contribution in [2.75, 3.05) is 0 Å². The molecule has 0 fully saturated rings. The molecule has 3 aromatic rings. The average Bonchev–Trinajstić information content (AvgIpc) is 3.10. The largest absolute Gasteiger partial charge is 0.377 e. The van der Waals surface area contributed by atoms with E-state index in [1.807, 2.05) is 0 Å². The SMILES string of the molecule is O=[N+]([O-])c1ccc(OS(=O)(=O)c2ccccc2)c(-n2cnnn2)c1. The number of rotatable bonds is 5. The summed E-state index contributed by atoms with van der Waals surface area (Å²) in [5.74, 6) is -0.142. The normalized spacial score (nSPS) is 11.2. The molecule has 2 aromatic carbocycles. The molecule has 3 rings (SSSR count). The molecule has 0 saturated carbocycles. The summed E-state index contributed by atoms with van der Waals surface area (Å²) in [5.41, 5.74) is -0.237. The van der Waals surface area contributed by atoms with Crippen LogP contribution in [0.15, 0.2) is 59.8 Å². The highest BCUT2D eigenvalue weighted by molar-refractivity contribution is 7.87. The summed E-state index contributed by atoms with van der Waals surface area (Å²) in [5, 5.41) is 21.4. The van der Waals surface area contributed by atoms with Gasteiger partial charge < -0.3 is 4.18 Å². The van der Waals surface area contributed by atoms with Gasteiger partial charge in [-0.05, 0) is 28.6 Å². The van der Waals surface area contributed by atoms with Gasteiger partial charge in [-0.15, -0.1) is 5.10 Å². The third-order valence-electron chi connectivity index (χ3n) is 2.98. The average molecular weight is 347 g/mol. The third-order valence-corrected chi connectivity index (χ3v) is 4.23. The number of aromatic nitrogens is 4. The summed E-state index contributed by atoms with van der Waals surface area (Å²) in [6.07, 6.45) is 1.17. The van der Waals surface area contributed by atoms with Gasteiger partial charge in [0.25, 0.3) is 5.69 Å². The number of benzene rings is 2. The first-order valence-electron chi connectivity index (χ1n) is 6.49. The van der Waals surface area contributed by atoms with Crippen molar-refractivity contribution in [2.24, 2.45) is 0 Å². The molecule has 0 aliphatic heterocycles. The molecular weight excluding hydrogens is 338 g/mol. The summed E-state index contributed by atoms with van der Waals surface area (Å²) in [6.45, 7) is 0. The summed E-state index contributed by atoms with van der Waals surface area (Å²) in [4.78, 5) is 10.3. The third kappa shape index (κ3) is 3.05. The molecule has 1 heterocycles. The van der Waals surface area contributed by atoms with Gasteiger partial charge in [0.1, 0.15) is 16.9 Å². The summed E-state index contributed by atoms with van der Waals surface area (Å²) < 4.78 is 30.8. The van der Waals surface area contributed by atoms with E-state index in [-0.39, 0.29) is 22.0 Å². The van der Waals surface area contributed by atoms with E-state index in [4.69, 9.17) is 4.18 Å². The Morgan fingerprint density at radius 2 is 1.88 bits per heavy atom. The number of tetrazole rings is 1. The predicted molar refractivity (Wildman–Crippen MR) is 80.1 cm³/mol. The Bertz CT molecular complexity index is 973. The second kappa shape index (κ2) is 6.04. The van der Waals surface area contributed by atoms with Gasteiger partial charge in [-0.1, -0.05) is 18.2 Å². The first kappa shape index (κ1) is 15.6. The molecule has 24 heavy (non-hydrogen) atoms. The minimum atomic E-state index is -4.11. The molecular formula is C13H9N5O5S. The zero-order valence-corrected chi connectivity index (χ0v) is 12.7. The number of nitrogens with zero attached hydrogens (tertiary/aromatic N) is 5. The van der Waals surface area contributed by atoms with Gasteiger partial charge in [-0.25, -0.2) is 0 Å². The van der Waals surface area contributed by atoms with Crippen LogP contribution in [-0.2, 0) is 10.1 Å². The van der Waals surface area contributed by atoms with Gasteiger partial charge in [0.05, 0.1) is 4.92 Å². The Morgan fingerprint density at radius 3 is 2.50 bits per heavy atom. The number of nitro benzene ring substituents is 1. The first-order valence-corrected chi connectivity index (χ1v) is 7.89. The van der Waals surface area contributed by atoms with Crippen molar-refractivity contribution in [3.05, 3.63) is 65.0 Å². The number of hydrogen-bond acceptors (Lipinski definition) is 8. The lowest BCUT2D eigenvalue weighted by molar-refractivity contribution is -0.384. The Morgan fingerprint density at radius 1 is 1.12 bits per heavy atom. The monoisotopic (exact) mass is 347 g/mol. The van der Waals surface area contributed by atoms with Gasteiger partial charge in [-0.3, -0.25) is 10.1 Å². The molecule has 0 amide bonds. The van der Waals surface area contributed by atoms with E-state index in [1.54, 1.807) is 18.2 Å². The van der Waals surface area contributed by atoms with E-state index in [0.717, 1.165) is 16.8 Å². The van der Waals surface area contributed by atoms with Crippen molar-refractivity contribution in [1.29, 1.82) is 0 Å². The van der Waals surface area contributed by atoms with Gasteiger partial charge in [0.15, 0.2) is 5.75 Å². The second-order valence-corrected chi connectivity index (χ2v) is 6.06. The highest BCUT2D eigenvalue weighted by Crippen LogP contribution is 2.29. The van der Waals surface area contributed by atoms with Crippen molar-refractivity contribution in [3.8, 4) is 11.4 Å². The predicted octanol–water partition coefficient (Wildman–Crippen LogP) is 1.34. The Balaban J connectivity index is 2.07. The lowest BCUT2D eigenvalue weighted by Crippen LogP contribution is -2.12. The van der Waals surface area contributed by atoms with Crippen LogP contribution < -0.4 is 4.18 Å². The molecule has 11 heteroatoms. The summed E-state index contributed by atoms with van der Waals surface area (Å²) in [7, 11) is -4.11. The van der Waals surface area contributed by atoms with Crippen LogP contribution in [0.2, 0.25) is 0 Å². The van der Waals surface area contributed by atoms with Crippen molar-refractivity contribution < 1.29 is 17.5 Å². The lowest BCUT2D eigenvalue weighted by Gasteiger charge is -2.10. The van der Waals surface area contributed by atoms with Gasteiger partial charge in [-0.2, -0.15) is 13.1 Å². The van der Waals surface area contributed by atoms with Crippen LogP contribution in [0, 0.1) is 10.1 Å². The van der Waals surface area contributed by atoms with Crippen molar-refractivity contribution >= 4 is 15.8 Å². The Kier molecular flexibility index (Phi) is 3.92. The molecule has 0 unspecified atom stereocenters. The van der Waals surface area contributed by atoms with Crippen molar-refractivity contribution in [1.82, 2.24) is 20.2 Å². The van der Waals surface area contributed by atoms with E-state index in [1.165, 1.54) is 24.5 Å². The summed E-state index contributed by atoms with van der Waals surface area (Å²) in [6, 6.07) is 10.9. The van der Waals surface area contributed by atoms with Crippen LogP contribution in [0.4, 0.5) is 5.69 Å². The quantitative estimate of drug-likeness (QED) is 0.384. The van der Waals surface area contributed by atoms with Crippen molar-refractivity contribution in [3.63, 3.8) is 0 Å². The number of nitro groups is 1. The molecule has 0 aliphatic rings. The Hall–Kier alpha value is -3.34. The maximum atomic E-state index is 12.3. The number of non-ortho nitro benzene ring substituents is 1. The minimum Gasteiger partial charge on any atom is -0.377 e. The van der Waals surface area contributed by atoms with E-state index >= 15 is 0 Å². The lowest BCUT2D eigenvalue weighted by atomic mass is 10.2. The van der Waals surface area contributed by atoms with E-state index in [0.29, 0.717) is 0 Å². The highest BCUT2D eigenvalue weighted by Gasteiger charge is 2.21. The van der Waals surface area contributed by atoms with E-state index < -0.39 is 15.0 Å². The fourth-order valence-corrected chi connectivity index (χ4v) is 2.86. The maximum Gasteiger partial charge on any atom is 0.339 e. The molecule has 0 bridgehead atoms. The minimum absolute atomic E-state index is 0.0220. The molecule has 0 saturated heterocycles. The van der Waals surface area contributed by atoms with Crippen LogP contribution in [0.25, 0.3) is 5.69 Å². The molecule has 0 radical (unpaired) electrons.